The summed E-state index contributed by atoms with van der Waals surface area (Å²) >= 11 is 13.6. The lowest BCUT2D eigenvalue weighted by Gasteiger charge is -2.17. The molecule has 0 unspecified atom stereocenters. The molecule has 3 aromatic rings. The first-order valence-corrected chi connectivity index (χ1v) is 10.1. The number of nitrogens with zero attached hydrogens (tertiary/aromatic N) is 1. The number of rotatable bonds is 4. The molecule has 0 aliphatic rings. The van der Waals surface area contributed by atoms with E-state index in [1.807, 2.05) is 24.3 Å². The number of halogens is 2. The van der Waals surface area contributed by atoms with E-state index in [4.69, 9.17) is 28.2 Å². The summed E-state index contributed by atoms with van der Waals surface area (Å²) in [6.45, 7) is 6.35. The second-order valence-electron chi connectivity index (χ2n) is 7.28. The first-order chi connectivity index (χ1) is 12.7. The van der Waals surface area contributed by atoms with Gasteiger partial charge >= 0.3 is 0 Å². The zero-order valence-corrected chi connectivity index (χ0v) is 17.7. The van der Waals surface area contributed by atoms with Gasteiger partial charge in [-0.3, -0.25) is 10.1 Å². The van der Waals surface area contributed by atoms with Gasteiger partial charge in [-0.2, -0.15) is 0 Å². The molecule has 1 aromatic heterocycles. The number of anilines is 1. The van der Waals surface area contributed by atoms with Gasteiger partial charge in [-0.15, -0.1) is 11.3 Å². The van der Waals surface area contributed by atoms with E-state index in [1.54, 1.807) is 24.3 Å². The second kappa shape index (κ2) is 8.01. The lowest BCUT2D eigenvalue weighted by molar-refractivity contribution is 0.102. The van der Waals surface area contributed by atoms with E-state index < -0.39 is 0 Å². The third-order valence-electron chi connectivity index (χ3n) is 4.02. The van der Waals surface area contributed by atoms with Gasteiger partial charge in [0.15, 0.2) is 5.13 Å². The average molecular weight is 419 g/mol. The number of carbonyl (C=O) groups excluding carboxylic acids is 1. The second-order valence-corrected chi connectivity index (χ2v) is 9.21. The quantitative estimate of drug-likeness (QED) is 0.518. The summed E-state index contributed by atoms with van der Waals surface area (Å²) < 4.78 is 0. The Morgan fingerprint density at radius 1 is 1.07 bits per heavy atom. The highest BCUT2D eigenvalue weighted by atomic mass is 35.5. The van der Waals surface area contributed by atoms with Crippen molar-refractivity contribution >= 4 is 45.6 Å². The first kappa shape index (κ1) is 19.9. The van der Waals surface area contributed by atoms with E-state index >= 15 is 0 Å². The smallest absolute Gasteiger partial charge is 0.258 e. The number of hydrogen-bond donors (Lipinski definition) is 1. The Morgan fingerprint density at radius 2 is 1.74 bits per heavy atom. The van der Waals surface area contributed by atoms with Crippen molar-refractivity contribution in [2.24, 2.45) is 0 Å². The van der Waals surface area contributed by atoms with Crippen molar-refractivity contribution in [1.82, 2.24) is 4.98 Å². The van der Waals surface area contributed by atoms with Gasteiger partial charge in [0.05, 0.1) is 16.3 Å². The summed E-state index contributed by atoms with van der Waals surface area (Å²) in [4.78, 5) is 18.4. The molecular formula is C21H20Cl2N2OS. The van der Waals surface area contributed by atoms with Crippen LogP contribution in [0.5, 0.6) is 0 Å². The van der Waals surface area contributed by atoms with E-state index in [0.29, 0.717) is 20.7 Å². The molecule has 1 amide bonds. The minimum Gasteiger partial charge on any atom is -0.298 e. The van der Waals surface area contributed by atoms with Crippen molar-refractivity contribution in [2.75, 3.05) is 5.32 Å². The third kappa shape index (κ3) is 4.89. The molecule has 27 heavy (non-hydrogen) atoms. The molecule has 0 saturated heterocycles. The predicted molar refractivity (Wildman–Crippen MR) is 114 cm³/mol. The molecule has 0 bridgehead atoms. The van der Waals surface area contributed by atoms with Gasteiger partial charge in [0.25, 0.3) is 5.91 Å². The lowest BCUT2D eigenvalue weighted by atomic mass is 9.90. The molecule has 0 spiro atoms. The van der Waals surface area contributed by atoms with Gasteiger partial charge in [0, 0.05) is 21.7 Å². The van der Waals surface area contributed by atoms with Crippen molar-refractivity contribution < 1.29 is 4.79 Å². The van der Waals surface area contributed by atoms with Crippen molar-refractivity contribution in [1.29, 1.82) is 0 Å². The molecule has 140 valence electrons. The van der Waals surface area contributed by atoms with Crippen LogP contribution in [-0.4, -0.2) is 10.9 Å². The minimum absolute atomic E-state index is 0.133. The fourth-order valence-electron chi connectivity index (χ4n) is 2.71. The van der Waals surface area contributed by atoms with Crippen LogP contribution in [0.2, 0.25) is 10.0 Å². The molecule has 6 heteroatoms. The van der Waals surface area contributed by atoms with Crippen LogP contribution in [0.3, 0.4) is 0 Å². The Kier molecular flexibility index (Phi) is 5.89. The van der Waals surface area contributed by atoms with Crippen molar-refractivity contribution in [3.8, 4) is 0 Å². The highest BCUT2D eigenvalue weighted by Crippen LogP contribution is 2.34. The maximum Gasteiger partial charge on any atom is 0.258 e. The molecule has 0 fully saturated rings. The summed E-state index contributed by atoms with van der Waals surface area (Å²) in [5.41, 5.74) is 2.44. The summed E-state index contributed by atoms with van der Waals surface area (Å²) in [6.07, 6.45) is 0.739. The maximum absolute atomic E-state index is 12.6. The molecule has 0 aliphatic carbocycles. The van der Waals surface area contributed by atoms with Gasteiger partial charge in [-0.05, 0) is 29.8 Å². The first-order valence-electron chi connectivity index (χ1n) is 8.54. The van der Waals surface area contributed by atoms with E-state index in [0.717, 1.165) is 22.6 Å². The largest absolute Gasteiger partial charge is 0.298 e. The van der Waals surface area contributed by atoms with Gasteiger partial charge in [-0.1, -0.05) is 68.2 Å². The van der Waals surface area contributed by atoms with Gasteiger partial charge in [-0.25, -0.2) is 4.98 Å². The molecule has 0 saturated carbocycles. The highest BCUT2D eigenvalue weighted by Gasteiger charge is 2.24. The summed E-state index contributed by atoms with van der Waals surface area (Å²) in [7, 11) is 0. The number of nitrogens with one attached hydrogen (secondary N) is 1. The molecule has 3 rings (SSSR count). The summed E-state index contributed by atoms with van der Waals surface area (Å²) in [5.74, 6) is -0.257. The van der Waals surface area contributed by atoms with Gasteiger partial charge in [0.1, 0.15) is 0 Å². The zero-order valence-electron chi connectivity index (χ0n) is 15.3. The summed E-state index contributed by atoms with van der Waals surface area (Å²) in [5, 5.41) is 4.60. The number of amides is 1. The molecule has 1 N–H and O–H groups in total. The maximum atomic E-state index is 12.6. The van der Waals surface area contributed by atoms with E-state index in [9.17, 15) is 4.79 Å². The van der Waals surface area contributed by atoms with Crippen molar-refractivity contribution in [3.63, 3.8) is 0 Å². The normalized spacial score (nSPS) is 11.4. The van der Waals surface area contributed by atoms with Crippen LogP contribution < -0.4 is 5.32 Å². The number of carbonyl (C=O) groups is 1. The van der Waals surface area contributed by atoms with Crippen LogP contribution in [0, 0.1) is 0 Å². The highest BCUT2D eigenvalue weighted by molar-refractivity contribution is 7.16. The van der Waals surface area contributed by atoms with Crippen LogP contribution in [0.1, 0.15) is 47.3 Å². The molecule has 0 aliphatic heterocycles. The summed E-state index contributed by atoms with van der Waals surface area (Å²) in [6, 6.07) is 14.8. The van der Waals surface area contributed by atoms with Crippen LogP contribution in [0.4, 0.5) is 5.13 Å². The number of hydrogen-bond acceptors (Lipinski definition) is 3. The monoisotopic (exact) mass is 418 g/mol. The van der Waals surface area contributed by atoms with Crippen molar-refractivity contribution in [2.45, 2.75) is 32.6 Å². The lowest BCUT2D eigenvalue weighted by Crippen LogP contribution is -2.15. The predicted octanol–water partition coefficient (Wildman–Crippen LogP) is 6.59. The number of benzene rings is 2. The van der Waals surface area contributed by atoms with E-state index in [-0.39, 0.29) is 11.3 Å². The zero-order chi connectivity index (χ0) is 19.6. The average Bonchev–Trinajstić information content (AvgIpc) is 3.00. The Labute approximate surface area is 173 Å². The van der Waals surface area contributed by atoms with Gasteiger partial charge < -0.3 is 0 Å². The topological polar surface area (TPSA) is 42.0 Å². The molecular weight excluding hydrogens is 399 g/mol. The van der Waals surface area contributed by atoms with Crippen LogP contribution in [0.15, 0.2) is 48.5 Å². The molecule has 2 aromatic carbocycles. The molecule has 3 nitrogen and oxygen atoms in total. The Balaban J connectivity index is 1.88. The van der Waals surface area contributed by atoms with Crippen LogP contribution >= 0.6 is 34.5 Å². The third-order valence-corrected chi connectivity index (χ3v) is 5.58. The number of aromatic nitrogens is 1. The van der Waals surface area contributed by atoms with Crippen molar-refractivity contribution in [3.05, 3.63) is 80.3 Å². The fourth-order valence-corrected chi connectivity index (χ4v) is 4.26. The standard InChI is InChI=1S/C21H20Cl2N2OS/c1-21(2,3)18-17(12-13-8-10-14(22)11-9-13)27-20(24-18)25-19(26)15-6-4-5-7-16(15)23/h4-11H,12H2,1-3H3,(H,24,25,26). The van der Waals surface area contributed by atoms with E-state index in [2.05, 4.69) is 26.1 Å². The van der Waals surface area contributed by atoms with Crippen LogP contribution in [0.25, 0.3) is 0 Å². The Morgan fingerprint density at radius 3 is 2.37 bits per heavy atom. The number of thiazole rings is 1. The van der Waals surface area contributed by atoms with E-state index in [1.165, 1.54) is 11.3 Å². The Bertz CT molecular complexity index is 959. The molecule has 1 heterocycles. The minimum atomic E-state index is -0.257. The molecule has 0 radical (unpaired) electrons. The SMILES string of the molecule is CC(C)(C)c1nc(NC(=O)c2ccccc2Cl)sc1Cc1ccc(Cl)cc1. The van der Waals surface area contributed by atoms with Gasteiger partial charge in [0.2, 0.25) is 0 Å². The Hall–Kier alpha value is -1.88. The molecule has 0 atom stereocenters. The fraction of sp³-hybridized carbons (Fsp3) is 0.238. The van der Waals surface area contributed by atoms with Crippen LogP contribution in [-0.2, 0) is 11.8 Å².